The van der Waals surface area contributed by atoms with E-state index in [0.717, 1.165) is 5.56 Å². The summed E-state index contributed by atoms with van der Waals surface area (Å²) in [7, 11) is 1.67. The maximum Gasteiger partial charge on any atom is 0.306 e. The normalized spacial score (nSPS) is 10.6. The molecule has 3 rings (SSSR count). The van der Waals surface area contributed by atoms with Crippen LogP contribution in [0, 0.1) is 5.82 Å². The first-order valence-electron chi connectivity index (χ1n) is 8.77. The number of amides is 1. The largest absolute Gasteiger partial charge is 0.461 e. The van der Waals surface area contributed by atoms with Crippen LogP contribution in [-0.4, -0.2) is 30.4 Å². The molecule has 0 aliphatic carbocycles. The van der Waals surface area contributed by atoms with Crippen LogP contribution in [-0.2, 0) is 27.3 Å². The molecular weight excluding hydrogens is 381 g/mol. The number of esters is 1. The van der Waals surface area contributed by atoms with Gasteiger partial charge in [0.05, 0.1) is 12.0 Å². The first kappa shape index (κ1) is 19.8. The van der Waals surface area contributed by atoms with Gasteiger partial charge >= 0.3 is 5.97 Å². The van der Waals surface area contributed by atoms with E-state index in [4.69, 9.17) is 9.15 Å². The lowest BCUT2D eigenvalue weighted by atomic mass is 10.1. The number of nitrogens with zero attached hydrogens (tertiary/aromatic N) is 1. The molecule has 1 amide bonds. The Hall–Kier alpha value is -2.93. The van der Waals surface area contributed by atoms with Crippen molar-refractivity contribution in [3.8, 4) is 11.3 Å². The average Bonchev–Trinajstić information content (AvgIpc) is 3.36. The molecule has 0 radical (unpaired) electrons. The van der Waals surface area contributed by atoms with Gasteiger partial charge in [-0.15, -0.1) is 0 Å². The van der Waals surface area contributed by atoms with E-state index < -0.39 is 5.97 Å². The third-order valence-corrected chi connectivity index (χ3v) is 4.89. The molecular formula is C21H20FNO4S. The number of carbonyl (C=O) groups excluding carboxylic acids is 2. The predicted molar refractivity (Wildman–Crippen MR) is 104 cm³/mol. The third kappa shape index (κ3) is 5.29. The van der Waals surface area contributed by atoms with Gasteiger partial charge in [-0.25, -0.2) is 4.39 Å². The Morgan fingerprint density at radius 3 is 2.75 bits per heavy atom. The molecule has 0 aliphatic rings. The molecule has 0 spiro atoms. The first-order valence-corrected chi connectivity index (χ1v) is 9.71. The van der Waals surface area contributed by atoms with Crippen LogP contribution in [0.4, 0.5) is 4.39 Å². The third-order valence-electron chi connectivity index (χ3n) is 4.16. The van der Waals surface area contributed by atoms with Gasteiger partial charge in [-0.3, -0.25) is 9.59 Å². The molecule has 0 unspecified atom stereocenters. The van der Waals surface area contributed by atoms with Gasteiger partial charge in [-0.05, 0) is 46.7 Å². The molecule has 3 aromatic rings. The van der Waals surface area contributed by atoms with Crippen LogP contribution in [0.25, 0.3) is 11.3 Å². The highest BCUT2D eigenvalue weighted by Crippen LogP contribution is 2.25. The quantitative estimate of drug-likeness (QED) is 0.529. The Morgan fingerprint density at radius 1 is 1.18 bits per heavy atom. The van der Waals surface area contributed by atoms with Crippen molar-refractivity contribution in [3.05, 3.63) is 70.4 Å². The molecule has 28 heavy (non-hydrogen) atoms. The van der Waals surface area contributed by atoms with Crippen LogP contribution >= 0.6 is 11.3 Å². The minimum absolute atomic E-state index is 0.0751. The van der Waals surface area contributed by atoms with E-state index in [9.17, 15) is 14.0 Å². The van der Waals surface area contributed by atoms with E-state index in [-0.39, 0.29) is 24.8 Å². The van der Waals surface area contributed by atoms with Crippen molar-refractivity contribution in [2.24, 2.45) is 0 Å². The van der Waals surface area contributed by atoms with E-state index in [2.05, 4.69) is 0 Å². The summed E-state index contributed by atoms with van der Waals surface area (Å²) in [5.41, 5.74) is 1.41. The number of furan rings is 1. The summed E-state index contributed by atoms with van der Waals surface area (Å²) in [5.74, 6) is -0.156. The van der Waals surface area contributed by atoms with Gasteiger partial charge in [0, 0.05) is 20.0 Å². The van der Waals surface area contributed by atoms with E-state index in [1.54, 1.807) is 48.7 Å². The maximum absolute atomic E-state index is 13.8. The fourth-order valence-corrected chi connectivity index (χ4v) is 3.27. The van der Waals surface area contributed by atoms with Gasteiger partial charge in [0.15, 0.2) is 6.61 Å². The minimum Gasteiger partial charge on any atom is -0.461 e. The molecule has 0 atom stereocenters. The molecule has 146 valence electrons. The SMILES string of the molecule is CN(Cc1ccsc1)C(=O)COC(=O)CCc1ccc(-c2ccccc2F)o1. The number of thiophene rings is 1. The molecule has 0 N–H and O–H groups in total. The lowest BCUT2D eigenvalue weighted by molar-refractivity contribution is -0.151. The van der Waals surface area contributed by atoms with E-state index in [1.807, 2.05) is 16.8 Å². The first-order chi connectivity index (χ1) is 13.5. The zero-order chi connectivity index (χ0) is 19.9. The zero-order valence-electron chi connectivity index (χ0n) is 15.4. The van der Waals surface area contributed by atoms with Crippen LogP contribution in [0.15, 0.2) is 57.6 Å². The molecule has 0 saturated heterocycles. The molecule has 2 heterocycles. The van der Waals surface area contributed by atoms with E-state index in [1.165, 1.54) is 11.0 Å². The van der Waals surface area contributed by atoms with E-state index in [0.29, 0.717) is 30.0 Å². The van der Waals surface area contributed by atoms with Crippen LogP contribution in [0.2, 0.25) is 0 Å². The Kier molecular flexibility index (Phi) is 6.60. The second-order valence-corrected chi connectivity index (χ2v) is 7.07. The Labute approximate surface area is 166 Å². The fourth-order valence-electron chi connectivity index (χ4n) is 2.61. The van der Waals surface area contributed by atoms with E-state index >= 15 is 0 Å². The average molecular weight is 401 g/mol. The summed E-state index contributed by atoms with van der Waals surface area (Å²) >= 11 is 1.56. The van der Waals surface area contributed by atoms with Gasteiger partial charge in [0.25, 0.3) is 5.91 Å². The summed E-state index contributed by atoms with van der Waals surface area (Å²) in [6.07, 6.45) is 0.387. The molecule has 2 aromatic heterocycles. The monoisotopic (exact) mass is 401 g/mol. The number of benzene rings is 1. The second-order valence-electron chi connectivity index (χ2n) is 6.29. The van der Waals surface area contributed by atoms with Crippen molar-refractivity contribution in [1.29, 1.82) is 0 Å². The van der Waals surface area contributed by atoms with Gasteiger partial charge in [0.2, 0.25) is 0 Å². The van der Waals surface area contributed by atoms with Crippen molar-refractivity contribution < 1.29 is 23.1 Å². The number of halogens is 1. The number of hydrogen-bond acceptors (Lipinski definition) is 5. The lowest BCUT2D eigenvalue weighted by Gasteiger charge is -2.16. The summed E-state index contributed by atoms with van der Waals surface area (Å²) in [5, 5.41) is 3.91. The molecule has 1 aromatic carbocycles. The number of aryl methyl sites for hydroxylation is 1. The second kappa shape index (κ2) is 9.32. The van der Waals surface area contributed by atoms with Crippen LogP contribution < -0.4 is 0 Å². The maximum atomic E-state index is 13.8. The summed E-state index contributed by atoms with van der Waals surface area (Å²) in [6, 6.07) is 11.6. The Bertz CT molecular complexity index is 936. The van der Waals surface area contributed by atoms with Crippen molar-refractivity contribution in [2.75, 3.05) is 13.7 Å². The highest BCUT2D eigenvalue weighted by Gasteiger charge is 2.14. The van der Waals surface area contributed by atoms with Crippen molar-refractivity contribution in [3.63, 3.8) is 0 Å². The molecule has 7 heteroatoms. The lowest BCUT2D eigenvalue weighted by Crippen LogP contribution is -2.30. The van der Waals surface area contributed by atoms with Crippen LogP contribution in [0.3, 0.4) is 0 Å². The highest BCUT2D eigenvalue weighted by atomic mass is 32.1. The van der Waals surface area contributed by atoms with Gasteiger partial charge < -0.3 is 14.1 Å². The molecule has 5 nitrogen and oxygen atoms in total. The molecule has 0 saturated carbocycles. The number of carbonyl (C=O) groups is 2. The number of rotatable bonds is 8. The summed E-state index contributed by atoms with van der Waals surface area (Å²) in [6.45, 7) is 0.184. The van der Waals surface area contributed by atoms with Crippen LogP contribution in [0.1, 0.15) is 17.7 Å². The van der Waals surface area contributed by atoms with Crippen molar-refractivity contribution in [1.82, 2.24) is 4.90 Å². The van der Waals surface area contributed by atoms with Crippen molar-refractivity contribution in [2.45, 2.75) is 19.4 Å². The number of hydrogen-bond donors (Lipinski definition) is 0. The Balaban J connectivity index is 1.43. The van der Waals surface area contributed by atoms with Gasteiger partial charge in [-0.1, -0.05) is 12.1 Å². The molecule has 0 fully saturated rings. The molecule has 0 aliphatic heterocycles. The topological polar surface area (TPSA) is 59.8 Å². The highest BCUT2D eigenvalue weighted by molar-refractivity contribution is 7.07. The smallest absolute Gasteiger partial charge is 0.306 e. The van der Waals surface area contributed by atoms with Gasteiger partial charge in [-0.2, -0.15) is 11.3 Å². The van der Waals surface area contributed by atoms with Gasteiger partial charge in [0.1, 0.15) is 17.3 Å². The fraction of sp³-hybridized carbons (Fsp3) is 0.238. The van der Waals surface area contributed by atoms with Crippen LogP contribution in [0.5, 0.6) is 0 Å². The Morgan fingerprint density at radius 2 is 2.00 bits per heavy atom. The number of ether oxygens (including phenoxy) is 1. The zero-order valence-corrected chi connectivity index (χ0v) is 16.2. The predicted octanol–water partition coefficient (Wildman–Crippen LogP) is 4.28. The molecule has 0 bridgehead atoms. The standard InChI is InChI=1S/C21H20FNO4S/c1-23(12-15-10-11-28-14-15)20(24)13-26-21(25)9-7-16-6-8-19(27-16)17-4-2-3-5-18(17)22/h2-6,8,10-11,14H,7,9,12-13H2,1H3. The number of likely N-dealkylation sites (N-methyl/N-ethyl adjacent to an activating group) is 1. The summed E-state index contributed by atoms with van der Waals surface area (Å²) < 4.78 is 24.4. The summed E-state index contributed by atoms with van der Waals surface area (Å²) in [4.78, 5) is 25.5. The van der Waals surface area contributed by atoms with Crippen molar-refractivity contribution >= 4 is 23.2 Å². The minimum atomic E-state index is -0.485.